The van der Waals surface area contributed by atoms with Gasteiger partial charge in [-0.25, -0.2) is 0 Å². The fourth-order valence-electron chi connectivity index (χ4n) is 7.80. The molecule has 220 valence electrons. The zero-order valence-electron chi connectivity index (χ0n) is 26.3. The molecule has 0 amide bonds. The quantitative estimate of drug-likeness (QED) is 0.186. The van der Waals surface area contributed by atoms with Crippen molar-refractivity contribution in [3.8, 4) is 11.1 Å². The Bertz CT molecular complexity index is 1120. The van der Waals surface area contributed by atoms with Gasteiger partial charge >= 0.3 is 0 Å². The van der Waals surface area contributed by atoms with Crippen molar-refractivity contribution in [2.75, 3.05) is 0 Å². The van der Waals surface area contributed by atoms with Crippen LogP contribution >= 0.6 is 0 Å². The Morgan fingerprint density at radius 1 is 0.439 bits per heavy atom. The molecule has 3 aromatic rings. The molecule has 0 heterocycles. The topological polar surface area (TPSA) is 0 Å². The Labute approximate surface area is 252 Å². The third-order valence-corrected chi connectivity index (χ3v) is 10.7. The Balaban J connectivity index is 1.06. The van der Waals surface area contributed by atoms with E-state index in [1.54, 1.807) is 11.1 Å². The van der Waals surface area contributed by atoms with Crippen molar-refractivity contribution in [1.82, 2.24) is 0 Å². The van der Waals surface area contributed by atoms with E-state index in [1.165, 1.54) is 119 Å². The molecule has 3 aromatic carbocycles. The minimum atomic E-state index is 0.772. The van der Waals surface area contributed by atoms with Crippen LogP contribution in [0.5, 0.6) is 0 Å². The van der Waals surface area contributed by atoms with Crippen LogP contribution in [0.3, 0.4) is 0 Å². The second-order valence-electron chi connectivity index (χ2n) is 13.6. The molecule has 0 nitrogen and oxygen atoms in total. The molecule has 2 aliphatic rings. The summed E-state index contributed by atoms with van der Waals surface area (Å²) in [5.74, 6) is 3.54. The number of benzene rings is 3. The molecular formula is C41H56. The first-order valence-corrected chi connectivity index (χ1v) is 17.5. The predicted octanol–water partition coefficient (Wildman–Crippen LogP) is 12.5. The monoisotopic (exact) mass is 548 g/mol. The first-order chi connectivity index (χ1) is 20.2. The third kappa shape index (κ3) is 8.83. The van der Waals surface area contributed by atoms with Crippen molar-refractivity contribution in [2.24, 2.45) is 11.8 Å². The van der Waals surface area contributed by atoms with E-state index < -0.39 is 0 Å². The predicted molar refractivity (Wildman–Crippen MR) is 179 cm³/mol. The highest BCUT2D eigenvalue weighted by Gasteiger charge is 2.23. The molecule has 2 aliphatic carbocycles. The summed E-state index contributed by atoms with van der Waals surface area (Å²) in [6.45, 7) is 4.64. The molecule has 0 spiro atoms. The van der Waals surface area contributed by atoms with Gasteiger partial charge in [-0.2, -0.15) is 0 Å². The van der Waals surface area contributed by atoms with Gasteiger partial charge in [-0.3, -0.25) is 0 Å². The third-order valence-electron chi connectivity index (χ3n) is 10.7. The summed E-state index contributed by atoms with van der Waals surface area (Å²) in [6.07, 6.45) is 23.4. The summed E-state index contributed by atoms with van der Waals surface area (Å²) in [5.41, 5.74) is 8.74. The average Bonchev–Trinajstić information content (AvgIpc) is 3.04. The van der Waals surface area contributed by atoms with Crippen molar-refractivity contribution in [1.29, 1.82) is 0 Å². The maximum Gasteiger partial charge on any atom is -0.0162 e. The molecule has 0 aromatic heterocycles. The van der Waals surface area contributed by atoms with Crippen molar-refractivity contribution in [3.05, 3.63) is 95.1 Å². The van der Waals surface area contributed by atoms with Crippen molar-refractivity contribution in [3.63, 3.8) is 0 Å². The summed E-state index contributed by atoms with van der Waals surface area (Å²) in [6, 6.07) is 28.5. The molecule has 0 unspecified atom stereocenters. The molecule has 0 aliphatic heterocycles. The van der Waals surface area contributed by atoms with Crippen LogP contribution in [-0.4, -0.2) is 0 Å². The van der Waals surface area contributed by atoms with Gasteiger partial charge in [0.05, 0.1) is 0 Å². The van der Waals surface area contributed by atoms with Gasteiger partial charge in [0.15, 0.2) is 0 Å². The van der Waals surface area contributed by atoms with E-state index in [0.717, 1.165) is 36.5 Å². The highest BCUT2D eigenvalue weighted by molar-refractivity contribution is 5.64. The van der Waals surface area contributed by atoms with Crippen LogP contribution in [0.15, 0.2) is 72.8 Å². The normalized spacial score (nSPS) is 23.0. The molecule has 41 heavy (non-hydrogen) atoms. The van der Waals surface area contributed by atoms with E-state index in [-0.39, 0.29) is 0 Å². The summed E-state index contributed by atoms with van der Waals surface area (Å²) >= 11 is 0. The summed E-state index contributed by atoms with van der Waals surface area (Å²) in [7, 11) is 0. The highest BCUT2D eigenvalue weighted by atomic mass is 14.3. The van der Waals surface area contributed by atoms with Crippen LogP contribution in [0.25, 0.3) is 11.1 Å². The fourth-order valence-corrected chi connectivity index (χ4v) is 7.80. The van der Waals surface area contributed by atoms with Crippen molar-refractivity contribution < 1.29 is 0 Å². The van der Waals surface area contributed by atoms with Crippen LogP contribution < -0.4 is 0 Å². The van der Waals surface area contributed by atoms with E-state index in [9.17, 15) is 0 Å². The van der Waals surface area contributed by atoms with Gasteiger partial charge in [0.2, 0.25) is 0 Å². The molecule has 0 radical (unpaired) electrons. The summed E-state index contributed by atoms with van der Waals surface area (Å²) in [4.78, 5) is 0. The minimum absolute atomic E-state index is 0.772. The fraction of sp³-hybridized carbons (Fsp3) is 0.561. The second kappa shape index (κ2) is 15.8. The van der Waals surface area contributed by atoms with Gasteiger partial charge in [-0.15, -0.1) is 0 Å². The first-order valence-electron chi connectivity index (χ1n) is 17.5. The van der Waals surface area contributed by atoms with Crippen LogP contribution in [0.1, 0.15) is 144 Å². The second-order valence-corrected chi connectivity index (χ2v) is 13.6. The van der Waals surface area contributed by atoms with Crippen LogP contribution in [-0.2, 0) is 12.8 Å². The van der Waals surface area contributed by atoms with Crippen LogP contribution in [0.2, 0.25) is 0 Å². The summed E-state index contributed by atoms with van der Waals surface area (Å²) < 4.78 is 0. The van der Waals surface area contributed by atoms with Crippen LogP contribution in [0.4, 0.5) is 0 Å². The Hall–Kier alpha value is -2.34. The van der Waals surface area contributed by atoms with Gasteiger partial charge in [-0.1, -0.05) is 132 Å². The lowest BCUT2D eigenvalue weighted by Crippen LogP contribution is -2.13. The van der Waals surface area contributed by atoms with E-state index in [4.69, 9.17) is 0 Å². The molecule has 5 rings (SSSR count). The molecule has 0 heteroatoms. The number of hydrogen-bond acceptors (Lipinski definition) is 0. The lowest BCUT2D eigenvalue weighted by atomic mass is 9.77. The molecular weight excluding hydrogens is 492 g/mol. The zero-order chi connectivity index (χ0) is 28.3. The number of unbranched alkanes of at least 4 members (excludes halogenated alkanes) is 3. The minimum Gasteiger partial charge on any atom is -0.0654 e. The molecule has 0 atom stereocenters. The number of aryl methyl sites for hydroxylation is 2. The molecule has 2 fully saturated rings. The maximum atomic E-state index is 2.43. The SMILES string of the molecule is CCCCC[C@H]1CC[C@H](c2ccc(CCc3ccc(-c4ccc([C@H]5CC[C@H](CCCC)CC5)cc4)cc3)cc2)CC1. The Morgan fingerprint density at radius 3 is 1.29 bits per heavy atom. The first kappa shape index (κ1) is 30.1. The standard InChI is InChI=1S/C41H56/c1-3-5-7-9-33-14-22-36(23-15-33)37-24-16-34(17-25-37)10-11-35-18-26-39(27-19-35)41-30-28-40(29-31-41)38-20-12-32(13-21-38)8-6-4-2/h16-19,24-33,36,38H,3-15,20-23H2,1-2H3/t32-,33-,36-,38-. The van der Waals surface area contributed by atoms with E-state index in [0.29, 0.717) is 0 Å². The smallest absolute Gasteiger partial charge is 0.0162 e. The van der Waals surface area contributed by atoms with Crippen molar-refractivity contribution in [2.45, 2.75) is 135 Å². The summed E-state index contributed by atoms with van der Waals surface area (Å²) in [5, 5.41) is 0. The molecule has 0 bridgehead atoms. The van der Waals surface area contributed by atoms with Crippen LogP contribution in [0, 0.1) is 11.8 Å². The molecule has 0 saturated heterocycles. The van der Waals surface area contributed by atoms with E-state index >= 15 is 0 Å². The largest absolute Gasteiger partial charge is 0.0654 e. The van der Waals surface area contributed by atoms with Gasteiger partial charge < -0.3 is 0 Å². The van der Waals surface area contributed by atoms with Gasteiger partial charge in [0.1, 0.15) is 0 Å². The lowest BCUT2D eigenvalue weighted by molar-refractivity contribution is 0.303. The van der Waals surface area contributed by atoms with Crippen molar-refractivity contribution >= 4 is 0 Å². The van der Waals surface area contributed by atoms with E-state index in [1.807, 2.05) is 0 Å². The molecule has 2 saturated carbocycles. The van der Waals surface area contributed by atoms with Gasteiger partial charge in [-0.05, 0) is 121 Å². The maximum absolute atomic E-state index is 2.43. The number of rotatable bonds is 13. The Kier molecular flexibility index (Phi) is 11.6. The van der Waals surface area contributed by atoms with Gasteiger partial charge in [0.25, 0.3) is 0 Å². The number of hydrogen-bond donors (Lipinski definition) is 0. The lowest BCUT2D eigenvalue weighted by Gasteiger charge is -2.29. The molecule has 0 N–H and O–H groups in total. The highest BCUT2D eigenvalue weighted by Crippen LogP contribution is 2.39. The van der Waals surface area contributed by atoms with Gasteiger partial charge in [0, 0.05) is 0 Å². The Morgan fingerprint density at radius 2 is 0.829 bits per heavy atom. The average molecular weight is 549 g/mol. The zero-order valence-corrected chi connectivity index (χ0v) is 26.3. The van der Waals surface area contributed by atoms with E-state index in [2.05, 4.69) is 86.6 Å².